The van der Waals surface area contributed by atoms with E-state index in [0.717, 1.165) is 69.6 Å². The van der Waals surface area contributed by atoms with E-state index in [1.165, 1.54) is 32.1 Å². The van der Waals surface area contributed by atoms with Crippen molar-refractivity contribution in [1.29, 1.82) is 0 Å². The Morgan fingerprint density at radius 3 is 2.12 bits per heavy atom. The summed E-state index contributed by atoms with van der Waals surface area (Å²) in [6.07, 6.45) is 15.2. The first-order valence-electron chi connectivity index (χ1n) is 13.6. The van der Waals surface area contributed by atoms with Crippen molar-refractivity contribution in [2.75, 3.05) is 6.61 Å². The van der Waals surface area contributed by atoms with Crippen LogP contribution in [0, 0.1) is 29.1 Å². The lowest BCUT2D eigenvalue weighted by Crippen LogP contribution is -2.59. The van der Waals surface area contributed by atoms with Crippen LogP contribution in [-0.4, -0.2) is 36.4 Å². The summed E-state index contributed by atoms with van der Waals surface area (Å²) in [5.74, 6) is -2.58. The van der Waals surface area contributed by atoms with Crippen molar-refractivity contribution in [1.82, 2.24) is 0 Å². The third-order valence-corrected chi connectivity index (χ3v) is 9.59. The predicted octanol–water partition coefficient (Wildman–Crippen LogP) is 6.82. The fraction of sp³-hybridized carbons (Fsp3) is 0.926. The molecular weight excluding hydrogens is 442 g/mol. The molecule has 6 rings (SSSR count). The van der Waals surface area contributed by atoms with E-state index in [1.807, 2.05) is 0 Å². The molecule has 2 unspecified atom stereocenters. The summed E-state index contributed by atoms with van der Waals surface area (Å²) < 4.78 is 43.5. The van der Waals surface area contributed by atoms with E-state index < -0.39 is 23.6 Å². The van der Waals surface area contributed by atoms with Crippen molar-refractivity contribution in [3.05, 3.63) is 0 Å². The molecule has 0 saturated heterocycles. The van der Waals surface area contributed by atoms with E-state index in [9.17, 15) is 18.4 Å². The van der Waals surface area contributed by atoms with Crippen LogP contribution in [0.1, 0.15) is 103 Å². The molecule has 4 bridgehead atoms. The van der Waals surface area contributed by atoms with Crippen LogP contribution in [0.3, 0.4) is 0 Å². The van der Waals surface area contributed by atoms with Gasteiger partial charge in [0.1, 0.15) is 11.7 Å². The largest absolute Gasteiger partial charge is 0.509 e. The number of carbonyl (C=O) groups excluding carboxylic acids is 2. The fourth-order valence-corrected chi connectivity index (χ4v) is 8.62. The number of alkyl halides is 2. The van der Waals surface area contributed by atoms with Crippen LogP contribution in [0.4, 0.5) is 13.6 Å². The Bertz CT molecular complexity index is 749. The molecule has 192 valence electrons. The molecule has 0 aromatic rings. The zero-order chi connectivity index (χ0) is 24.0. The molecular formula is C27H40F2O5. The van der Waals surface area contributed by atoms with Crippen LogP contribution in [0.2, 0.25) is 0 Å². The number of rotatable bonds is 6. The van der Waals surface area contributed by atoms with Gasteiger partial charge in [0, 0.05) is 12.3 Å². The van der Waals surface area contributed by atoms with E-state index in [1.54, 1.807) is 0 Å². The van der Waals surface area contributed by atoms with Gasteiger partial charge in [0.15, 0.2) is 0 Å². The summed E-state index contributed by atoms with van der Waals surface area (Å²) in [7, 11) is 0. The first kappa shape index (κ1) is 24.3. The molecule has 7 heteroatoms. The number of ether oxygens (including phenoxy) is 3. The van der Waals surface area contributed by atoms with Gasteiger partial charge >= 0.3 is 18.0 Å². The molecule has 0 aromatic carbocycles. The number of halogens is 2. The molecule has 0 aromatic heterocycles. The minimum Gasteiger partial charge on any atom is -0.461 e. The van der Waals surface area contributed by atoms with Gasteiger partial charge in [-0.1, -0.05) is 32.1 Å². The summed E-state index contributed by atoms with van der Waals surface area (Å²) in [4.78, 5) is 24.5. The van der Waals surface area contributed by atoms with Crippen molar-refractivity contribution >= 4 is 12.1 Å². The van der Waals surface area contributed by atoms with Gasteiger partial charge in [0.25, 0.3) is 0 Å². The van der Waals surface area contributed by atoms with Crippen molar-refractivity contribution in [2.45, 2.75) is 121 Å². The van der Waals surface area contributed by atoms with Gasteiger partial charge in [0.2, 0.25) is 0 Å². The third-order valence-electron chi connectivity index (χ3n) is 9.59. The topological polar surface area (TPSA) is 61.8 Å². The van der Waals surface area contributed by atoms with Crippen LogP contribution in [0.25, 0.3) is 0 Å². The SMILES string of the molecule is CC(F)(F)C(=O)OCC12CC3CC(C1)CC(OC(=O)OC1CCC(C4CCCCC4)CC1)(C3)C2. The predicted molar refractivity (Wildman–Crippen MR) is 121 cm³/mol. The summed E-state index contributed by atoms with van der Waals surface area (Å²) in [6, 6.07) is 0. The van der Waals surface area contributed by atoms with Gasteiger partial charge in [0.05, 0.1) is 6.61 Å². The molecule has 2 atom stereocenters. The van der Waals surface area contributed by atoms with Crippen LogP contribution in [-0.2, 0) is 19.0 Å². The number of esters is 1. The Labute approximate surface area is 201 Å². The van der Waals surface area contributed by atoms with Crippen molar-refractivity contribution < 1.29 is 32.6 Å². The fourth-order valence-electron chi connectivity index (χ4n) is 8.62. The van der Waals surface area contributed by atoms with Gasteiger partial charge in [-0.15, -0.1) is 0 Å². The second kappa shape index (κ2) is 9.24. The maximum atomic E-state index is 13.3. The van der Waals surface area contributed by atoms with E-state index in [2.05, 4.69) is 0 Å². The van der Waals surface area contributed by atoms with Crippen LogP contribution < -0.4 is 0 Å². The average Bonchev–Trinajstić information content (AvgIpc) is 2.76. The number of hydrogen-bond donors (Lipinski definition) is 0. The highest BCUT2D eigenvalue weighted by molar-refractivity contribution is 5.76. The summed E-state index contributed by atoms with van der Waals surface area (Å²) in [5, 5.41) is 0. The normalized spacial score (nSPS) is 40.1. The molecule has 0 amide bonds. The lowest BCUT2D eigenvalue weighted by Gasteiger charge is -2.60. The van der Waals surface area contributed by atoms with Gasteiger partial charge < -0.3 is 14.2 Å². The van der Waals surface area contributed by atoms with Gasteiger partial charge in [-0.3, -0.25) is 0 Å². The van der Waals surface area contributed by atoms with Crippen molar-refractivity contribution in [3.63, 3.8) is 0 Å². The van der Waals surface area contributed by atoms with Crippen LogP contribution in [0.5, 0.6) is 0 Å². The maximum Gasteiger partial charge on any atom is 0.509 e. The molecule has 0 heterocycles. The highest BCUT2D eigenvalue weighted by atomic mass is 19.3. The third kappa shape index (κ3) is 5.23. The first-order chi connectivity index (χ1) is 16.1. The second-order valence-electron chi connectivity index (χ2n) is 12.5. The lowest BCUT2D eigenvalue weighted by atomic mass is 9.48. The highest BCUT2D eigenvalue weighted by Crippen LogP contribution is 2.63. The molecule has 0 aliphatic heterocycles. The van der Waals surface area contributed by atoms with Crippen molar-refractivity contribution in [2.24, 2.45) is 29.1 Å². The van der Waals surface area contributed by atoms with E-state index in [-0.39, 0.29) is 18.1 Å². The number of carbonyl (C=O) groups is 2. The Morgan fingerprint density at radius 1 is 0.882 bits per heavy atom. The molecule has 6 aliphatic carbocycles. The van der Waals surface area contributed by atoms with E-state index in [4.69, 9.17) is 14.2 Å². The molecule has 0 spiro atoms. The zero-order valence-electron chi connectivity index (χ0n) is 20.5. The summed E-state index contributed by atoms with van der Waals surface area (Å²) >= 11 is 0. The Morgan fingerprint density at radius 2 is 1.50 bits per heavy atom. The number of hydrogen-bond acceptors (Lipinski definition) is 5. The van der Waals surface area contributed by atoms with Crippen LogP contribution in [0.15, 0.2) is 0 Å². The maximum absolute atomic E-state index is 13.3. The minimum atomic E-state index is -3.49. The average molecular weight is 483 g/mol. The molecule has 34 heavy (non-hydrogen) atoms. The van der Waals surface area contributed by atoms with Crippen LogP contribution >= 0.6 is 0 Å². The summed E-state index contributed by atoms with van der Waals surface area (Å²) in [6.45, 7) is 0.547. The Balaban J connectivity index is 1.14. The van der Waals surface area contributed by atoms with Gasteiger partial charge in [-0.2, -0.15) is 8.78 Å². The smallest absolute Gasteiger partial charge is 0.461 e. The molecule has 5 nitrogen and oxygen atoms in total. The zero-order valence-corrected chi connectivity index (χ0v) is 20.5. The van der Waals surface area contributed by atoms with Gasteiger partial charge in [-0.05, 0) is 87.9 Å². The standard InChI is InChI=1S/C27H40F2O5/c1-25(28,29)23(30)32-17-26-12-18-11-19(13-26)15-27(14-18,16-26)34-24(31)33-22-9-7-21(8-10-22)20-5-3-2-4-6-20/h18-22H,2-17H2,1H3. The monoisotopic (exact) mass is 482 g/mol. The highest BCUT2D eigenvalue weighted by Gasteiger charge is 2.60. The quantitative estimate of drug-likeness (QED) is 0.389. The molecule has 6 aliphatic rings. The van der Waals surface area contributed by atoms with Crippen molar-refractivity contribution in [3.8, 4) is 0 Å². The van der Waals surface area contributed by atoms with E-state index in [0.29, 0.717) is 25.2 Å². The molecule has 0 radical (unpaired) electrons. The van der Waals surface area contributed by atoms with E-state index >= 15 is 0 Å². The Hall–Kier alpha value is -1.40. The molecule has 6 saturated carbocycles. The minimum absolute atomic E-state index is 0.0202. The second-order valence-corrected chi connectivity index (χ2v) is 12.5. The Kier molecular flexibility index (Phi) is 6.60. The lowest BCUT2D eigenvalue weighted by molar-refractivity contribution is -0.202. The van der Waals surface area contributed by atoms with Gasteiger partial charge in [-0.25, -0.2) is 9.59 Å². The first-order valence-corrected chi connectivity index (χ1v) is 13.6. The summed E-state index contributed by atoms with van der Waals surface area (Å²) in [5.41, 5.74) is -0.981. The molecule has 6 fully saturated rings. The molecule has 0 N–H and O–H groups in total.